The highest BCUT2D eigenvalue weighted by Gasteiger charge is 2.20. The summed E-state index contributed by atoms with van der Waals surface area (Å²) in [5, 5.41) is 0. The lowest BCUT2D eigenvalue weighted by Crippen LogP contribution is -2.33. The summed E-state index contributed by atoms with van der Waals surface area (Å²) >= 11 is 10.7. The minimum Gasteiger partial charge on any atom is -0.383 e. The fourth-order valence-electron chi connectivity index (χ4n) is 1.71. The third-order valence-electron chi connectivity index (χ3n) is 2.48. The van der Waals surface area contributed by atoms with Crippen molar-refractivity contribution in [2.45, 2.75) is 13.8 Å². The van der Waals surface area contributed by atoms with Gasteiger partial charge in [-0.25, -0.2) is 0 Å². The molecule has 0 bridgehead atoms. The molecule has 6 heteroatoms. The Kier molecular flexibility index (Phi) is 7.07. The van der Waals surface area contributed by atoms with Crippen LogP contribution >= 0.6 is 38.9 Å². The maximum Gasteiger partial charge on any atom is 0.242 e. The van der Waals surface area contributed by atoms with Crippen LogP contribution in [0.2, 0.25) is 0 Å². The number of methoxy groups -OCH3 is 1. The Morgan fingerprint density at radius 1 is 1.47 bits per heavy atom. The van der Waals surface area contributed by atoms with Crippen molar-refractivity contribution in [2.24, 2.45) is 0 Å². The highest BCUT2D eigenvalue weighted by molar-refractivity contribution is 9.11. The van der Waals surface area contributed by atoms with Crippen molar-refractivity contribution < 1.29 is 9.53 Å². The van der Waals surface area contributed by atoms with Gasteiger partial charge in [-0.05, 0) is 41.9 Å². The molecule has 1 rings (SSSR count). The molecule has 0 saturated heterocycles. The van der Waals surface area contributed by atoms with Gasteiger partial charge in [-0.1, -0.05) is 5.57 Å². The highest BCUT2D eigenvalue weighted by Crippen LogP contribution is 2.32. The van der Waals surface area contributed by atoms with E-state index < -0.39 is 0 Å². The summed E-state index contributed by atoms with van der Waals surface area (Å²) in [7, 11) is 1.62. The molecular formula is C13H17BrClNO2S. The molecule has 0 unspecified atom stereocenters. The normalized spacial score (nSPS) is 10.4. The summed E-state index contributed by atoms with van der Waals surface area (Å²) in [6.45, 7) is 4.96. The fraction of sp³-hybridized carbons (Fsp3) is 0.462. The lowest BCUT2D eigenvalue weighted by atomic mass is 10.2. The van der Waals surface area contributed by atoms with Gasteiger partial charge < -0.3 is 9.64 Å². The minimum atomic E-state index is -0.112. The van der Waals surface area contributed by atoms with Gasteiger partial charge in [0, 0.05) is 13.7 Å². The molecule has 1 amide bonds. The van der Waals surface area contributed by atoms with Crippen LogP contribution < -0.4 is 0 Å². The first-order valence-corrected chi connectivity index (χ1v) is 7.94. The molecule has 0 saturated carbocycles. The molecule has 0 aromatic carbocycles. The summed E-state index contributed by atoms with van der Waals surface area (Å²) in [5.74, 6) is -0.146. The van der Waals surface area contributed by atoms with Crippen molar-refractivity contribution in [3.63, 3.8) is 0 Å². The first-order valence-electron chi connectivity index (χ1n) is 5.79. The summed E-state index contributed by atoms with van der Waals surface area (Å²) in [6.07, 6.45) is 0. The Hall–Kier alpha value is -0.360. The van der Waals surface area contributed by atoms with Crippen LogP contribution in [-0.2, 0) is 9.53 Å². The number of hydrogen-bond acceptors (Lipinski definition) is 3. The summed E-state index contributed by atoms with van der Waals surface area (Å²) in [6, 6.07) is 3.97. The van der Waals surface area contributed by atoms with Gasteiger partial charge in [0.05, 0.1) is 21.0 Å². The number of thiophene rings is 1. The topological polar surface area (TPSA) is 29.5 Å². The molecule has 1 heterocycles. The standard InChI is InChI=1S/C13H17BrClNO2S/c1-9(2)13(10-4-5-11(14)19-10)16(6-7-18-3)12(17)8-15/h4-5H,6-8H2,1-3H3. The van der Waals surface area contributed by atoms with Crippen LogP contribution in [0.3, 0.4) is 0 Å². The molecule has 0 spiro atoms. The number of carbonyl (C=O) groups excluding carboxylic acids is 1. The zero-order valence-corrected chi connectivity index (χ0v) is 14.4. The molecule has 106 valence electrons. The van der Waals surface area contributed by atoms with Crippen molar-refractivity contribution in [2.75, 3.05) is 26.1 Å². The second-order valence-corrected chi connectivity index (χ2v) is 6.85. The zero-order valence-electron chi connectivity index (χ0n) is 11.2. The minimum absolute atomic E-state index is 0.0347. The van der Waals surface area contributed by atoms with Gasteiger partial charge in [-0.2, -0.15) is 0 Å². The van der Waals surface area contributed by atoms with E-state index in [1.807, 2.05) is 26.0 Å². The number of nitrogens with zero attached hydrogens (tertiary/aromatic N) is 1. The number of amides is 1. The highest BCUT2D eigenvalue weighted by atomic mass is 79.9. The molecule has 19 heavy (non-hydrogen) atoms. The van der Waals surface area contributed by atoms with Gasteiger partial charge in [0.15, 0.2) is 0 Å². The lowest BCUT2D eigenvalue weighted by molar-refractivity contribution is -0.125. The second-order valence-electron chi connectivity index (χ2n) is 4.12. The van der Waals surface area contributed by atoms with Crippen molar-refractivity contribution in [1.29, 1.82) is 0 Å². The van der Waals surface area contributed by atoms with Crippen LogP contribution in [-0.4, -0.2) is 36.9 Å². The second kappa shape index (κ2) is 8.04. The Morgan fingerprint density at radius 3 is 2.58 bits per heavy atom. The first kappa shape index (κ1) is 16.7. The van der Waals surface area contributed by atoms with Gasteiger partial charge in [-0.3, -0.25) is 4.79 Å². The number of hydrogen-bond donors (Lipinski definition) is 0. The summed E-state index contributed by atoms with van der Waals surface area (Å²) < 4.78 is 6.11. The van der Waals surface area contributed by atoms with E-state index in [4.69, 9.17) is 16.3 Å². The van der Waals surface area contributed by atoms with E-state index in [-0.39, 0.29) is 11.8 Å². The predicted octanol–water partition coefficient (Wildman–Crippen LogP) is 3.98. The Labute approximate surface area is 131 Å². The average molecular weight is 367 g/mol. The van der Waals surface area contributed by atoms with Crippen LogP contribution in [0.5, 0.6) is 0 Å². The molecule has 1 aromatic heterocycles. The van der Waals surface area contributed by atoms with Gasteiger partial charge in [0.25, 0.3) is 0 Å². The number of allylic oxidation sites excluding steroid dienone is 1. The Bertz CT molecular complexity index is 469. The van der Waals surface area contributed by atoms with Crippen LogP contribution in [0.4, 0.5) is 0 Å². The molecule has 0 fully saturated rings. The van der Waals surface area contributed by atoms with Crippen LogP contribution in [0.25, 0.3) is 5.70 Å². The maximum atomic E-state index is 12.0. The van der Waals surface area contributed by atoms with E-state index in [1.165, 1.54) is 0 Å². The third kappa shape index (κ3) is 4.60. The molecule has 0 aliphatic rings. The van der Waals surface area contributed by atoms with Crippen LogP contribution in [0.1, 0.15) is 18.7 Å². The molecule has 0 atom stereocenters. The summed E-state index contributed by atoms with van der Waals surface area (Å²) in [5.41, 5.74) is 1.99. The van der Waals surface area contributed by atoms with E-state index >= 15 is 0 Å². The van der Waals surface area contributed by atoms with Gasteiger partial charge in [-0.15, -0.1) is 22.9 Å². The van der Waals surface area contributed by atoms with E-state index in [2.05, 4.69) is 15.9 Å². The summed E-state index contributed by atoms with van der Waals surface area (Å²) in [4.78, 5) is 14.8. The molecular weight excluding hydrogens is 350 g/mol. The van der Waals surface area contributed by atoms with Crippen LogP contribution in [0, 0.1) is 0 Å². The van der Waals surface area contributed by atoms with Crippen molar-refractivity contribution >= 4 is 50.5 Å². The molecule has 0 radical (unpaired) electrons. The smallest absolute Gasteiger partial charge is 0.242 e. The van der Waals surface area contributed by atoms with E-state index in [1.54, 1.807) is 23.3 Å². The fourth-order valence-corrected chi connectivity index (χ4v) is 3.40. The van der Waals surface area contributed by atoms with Crippen molar-refractivity contribution in [1.82, 2.24) is 4.90 Å². The SMILES string of the molecule is COCCN(C(=O)CCl)C(=C(C)C)c1ccc(Br)s1. The van der Waals surface area contributed by atoms with Gasteiger partial charge in [0.2, 0.25) is 5.91 Å². The Morgan fingerprint density at radius 2 is 2.16 bits per heavy atom. The molecule has 0 N–H and O–H groups in total. The predicted molar refractivity (Wildman–Crippen MR) is 84.6 cm³/mol. The molecule has 0 aliphatic heterocycles. The van der Waals surface area contributed by atoms with Crippen LogP contribution in [0.15, 0.2) is 21.5 Å². The van der Waals surface area contributed by atoms with Gasteiger partial charge in [0.1, 0.15) is 5.88 Å². The molecule has 3 nitrogen and oxygen atoms in total. The molecule has 1 aromatic rings. The van der Waals surface area contributed by atoms with Crippen molar-refractivity contribution in [3.8, 4) is 0 Å². The monoisotopic (exact) mass is 365 g/mol. The van der Waals surface area contributed by atoms with Gasteiger partial charge >= 0.3 is 0 Å². The van der Waals surface area contributed by atoms with E-state index in [0.717, 1.165) is 19.9 Å². The number of alkyl halides is 1. The number of carbonyl (C=O) groups is 1. The first-order chi connectivity index (χ1) is 9.01. The van der Waals surface area contributed by atoms with E-state index in [9.17, 15) is 4.79 Å². The lowest BCUT2D eigenvalue weighted by Gasteiger charge is -2.25. The van der Waals surface area contributed by atoms with E-state index in [0.29, 0.717) is 13.2 Å². The number of rotatable bonds is 6. The quantitative estimate of drug-likeness (QED) is 0.713. The zero-order chi connectivity index (χ0) is 14.4. The Balaban J connectivity index is 3.13. The third-order valence-corrected chi connectivity index (χ3v) is 4.34. The maximum absolute atomic E-state index is 12.0. The number of halogens is 2. The largest absolute Gasteiger partial charge is 0.383 e. The number of ether oxygens (including phenoxy) is 1. The van der Waals surface area contributed by atoms with Crippen molar-refractivity contribution in [3.05, 3.63) is 26.4 Å². The molecule has 0 aliphatic carbocycles. The average Bonchev–Trinajstić information content (AvgIpc) is 2.79.